The number of aryl methyl sites for hydroxylation is 1. The molecular weight excluding hydrogens is 580 g/mol. The van der Waals surface area contributed by atoms with Gasteiger partial charge in [0.1, 0.15) is 21.9 Å². The van der Waals surface area contributed by atoms with Gasteiger partial charge in [-0.3, -0.25) is 4.79 Å². The summed E-state index contributed by atoms with van der Waals surface area (Å²) in [4.78, 5) is 17.2. The molecule has 4 rings (SSSR count). The normalized spacial score (nSPS) is 11.2. The van der Waals surface area contributed by atoms with Crippen LogP contribution in [0.2, 0.25) is 5.02 Å². The molecule has 0 atom stereocenters. The summed E-state index contributed by atoms with van der Waals surface area (Å²) in [7, 11) is 0. The van der Waals surface area contributed by atoms with Crippen LogP contribution in [0.25, 0.3) is 11.1 Å². The fourth-order valence-corrected chi connectivity index (χ4v) is 3.87. The maximum absolute atomic E-state index is 15.1. The molecule has 0 aliphatic heterocycles. The Labute approximate surface area is 222 Å². The van der Waals surface area contributed by atoms with Crippen LogP contribution in [0.3, 0.4) is 0 Å². The third-order valence-electron chi connectivity index (χ3n) is 5.10. The van der Waals surface area contributed by atoms with Crippen LogP contribution in [0, 0.1) is 12.7 Å². The van der Waals surface area contributed by atoms with Crippen molar-refractivity contribution < 1.29 is 31.8 Å². The molecule has 1 amide bonds. The molecule has 0 bridgehead atoms. The molecule has 37 heavy (non-hydrogen) atoms. The van der Waals surface area contributed by atoms with E-state index in [4.69, 9.17) is 16.3 Å². The lowest BCUT2D eigenvalue weighted by Crippen LogP contribution is -2.16. The molecule has 1 heterocycles. The van der Waals surface area contributed by atoms with Crippen LogP contribution in [0.1, 0.15) is 15.9 Å². The first-order chi connectivity index (χ1) is 17.5. The molecule has 5 nitrogen and oxygen atoms in total. The molecule has 0 spiro atoms. The lowest BCUT2D eigenvalue weighted by molar-refractivity contribution is -0.274. The van der Waals surface area contributed by atoms with Gasteiger partial charge in [-0.1, -0.05) is 29.8 Å². The molecule has 1 N–H and O–H groups in total. The maximum atomic E-state index is 15.1. The van der Waals surface area contributed by atoms with Crippen molar-refractivity contribution in [2.24, 2.45) is 0 Å². The van der Waals surface area contributed by atoms with Crippen LogP contribution in [0.15, 0.2) is 77.5 Å². The van der Waals surface area contributed by atoms with E-state index < -0.39 is 18.1 Å². The van der Waals surface area contributed by atoms with Crippen molar-refractivity contribution in [3.8, 4) is 28.4 Å². The Morgan fingerprint density at radius 2 is 1.57 bits per heavy atom. The Bertz CT molecular complexity index is 1450. The number of anilines is 1. The fourth-order valence-electron chi connectivity index (χ4n) is 3.38. The molecular formula is C26H16BrClF4N2O3. The van der Waals surface area contributed by atoms with Crippen LogP contribution in [-0.2, 0) is 0 Å². The molecule has 11 heteroatoms. The standard InChI is InChI=1S/C26H16BrClF4N2O3/c1-14-13-33-22(27)12-21(14)34-25(35)23-19(10-11-20(28)24(23)29)15-2-4-16(5-3-15)36-17-6-8-18(9-7-17)37-26(30,31)32/h2-13H,1H3,(H,33,34,35). The second-order valence-electron chi connectivity index (χ2n) is 7.71. The molecule has 0 aliphatic carbocycles. The average molecular weight is 596 g/mol. The molecule has 1 aromatic heterocycles. The third kappa shape index (κ3) is 6.58. The van der Waals surface area contributed by atoms with Crippen molar-refractivity contribution in [2.75, 3.05) is 5.32 Å². The number of alkyl halides is 3. The van der Waals surface area contributed by atoms with Gasteiger partial charge in [-0.25, -0.2) is 9.37 Å². The Hall–Kier alpha value is -3.63. The quantitative estimate of drug-likeness (QED) is 0.179. The first-order valence-corrected chi connectivity index (χ1v) is 11.7. The summed E-state index contributed by atoms with van der Waals surface area (Å²) in [5.74, 6) is -1.30. The molecule has 0 fully saturated rings. The molecule has 0 unspecified atom stereocenters. The van der Waals surface area contributed by atoms with E-state index in [0.29, 0.717) is 32.7 Å². The van der Waals surface area contributed by atoms with Crippen molar-refractivity contribution in [1.29, 1.82) is 0 Å². The number of hydrogen-bond acceptors (Lipinski definition) is 4. The first-order valence-electron chi connectivity index (χ1n) is 10.6. The SMILES string of the molecule is Cc1cnc(Br)cc1NC(=O)c1c(-c2ccc(Oc3ccc(OC(F)(F)F)cc3)cc2)ccc(Cl)c1F. The topological polar surface area (TPSA) is 60.5 Å². The number of nitrogens with one attached hydrogen (secondary N) is 1. The van der Waals surface area contributed by atoms with E-state index in [0.717, 1.165) is 12.1 Å². The van der Waals surface area contributed by atoms with Crippen molar-refractivity contribution in [2.45, 2.75) is 13.3 Å². The predicted octanol–water partition coefficient (Wildman–Crippen LogP) is 8.56. The van der Waals surface area contributed by atoms with Gasteiger partial charge in [0, 0.05) is 11.9 Å². The van der Waals surface area contributed by atoms with E-state index in [1.807, 2.05) is 0 Å². The van der Waals surface area contributed by atoms with Crippen molar-refractivity contribution >= 4 is 39.1 Å². The second-order valence-corrected chi connectivity index (χ2v) is 8.93. The molecule has 0 saturated carbocycles. The highest BCUT2D eigenvalue weighted by atomic mass is 79.9. The molecule has 3 aromatic carbocycles. The number of ether oxygens (including phenoxy) is 2. The largest absolute Gasteiger partial charge is 0.573 e. The summed E-state index contributed by atoms with van der Waals surface area (Å²) in [5, 5.41) is 2.49. The number of carbonyl (C=O) groups is 1. The minimum atomic E-state index is -4.79. The number of benzene rings is 3. The van der Waals surface area contributed by atoms with Gasteiger partial charge in [-0.2, -0.15) is 0 Å². The fraction of sp³-hybridized carbons (Fsp3) is 0.0769. The smallest absolute Gasteiger partial charge is 0.457 e. The van der Waals surface area contributed by atoms with E-state index >= 15 is 4.39 Å². The number of hydrogen-bond donors (Lipinski definition) is 1. The number of amides is 1. The van der Waals surface area contributed by atoms with E-state index in [1.54, 1.807) is 43.5 Å². The second kappa shape index (κ2) is 10.8. The van der Waals surface area contributed by atoms with Gasteiger partial charge in [-0.05, 0) is 88.1 Å². The molecule has 190 valence electrons. The first kappa shape index (κ1) is 26.4. The van der Waals surface area contributed by atoms with E-state index in [9.17, 15) is 18.0 Å². The van der Waals surface area contributed by atoms with Gasteiger partial charge < -0.3 is 14.8 Å². The van der Waals surface area contributed by atoms with E-state index in [2.05, 4.69) is 31.0 Å². The Kier molecular flexibility index (Phi) is 7.70. The predicted molar refractivity (Wildman–Crippen MR) is 135 cm³/mol. The number of aromatic nitrogens is 1. The lowest BCUT2D eigenvalue weighted by Gasteiger charge is -2.14. The summed E-state index contributed by atoms with van der Waals surface area (Å²) in [6.45, 7) is 1.75. The zero-order valence-electron chi connectivity index (χ0n) is 18.9. The molecule has 4 aromatic rings. The van der Waals surface area contributed by atoms with Crippen LogP contribution in [-0.4, -0.2) is 17.3 Å². The van der Waals surface area contributed by atoms with E-state index in [-0.39, 0.29) is 22.1 Å². The highest BCUT2D eigenvalue weighted by Gasteiger charge is 2.31. The minimum Gasteiger partial charge on any atom is -0.457 e. The number of rotatable bonds is 6. The summed E-state index contributed by atoms with van der Waals surface area (Å²) >= 11 is 9.22. The Balaban J connectivity index is 1.57. The summed E-state index contributed by atoms with van der Waals surface area (Å²) < 4.78 is 62.0. The highest BCUT2D eigenvalue weighted by Crippen LogP contribution is 2.33. The van der Waals surface area contributed by atoms with Gasteiger partial charge in [0.15, 0.2) is 5.82 Å². The van der Waals surface area contributed by atoms with Gasteiger partial charge in [-0.15, -0.1) is 13.2 Å². The summed E-state index contributed by atoms with van der Waals surface area (Å²) in [5.41, 5.74) is 1.70. The molecule has 0 saturated heterocycles. The number of carbonyl (C=O) groups excluding carboxylic acids is 1. The summed E-state index contributed by atoms with van der Waals surface area (Å²) in [6, 6.07) is 15.8. The minimum absolute atomic E-state index is 0.209. The summed E-state index contributed by atoms with van der Waals surface area (Å²) in [6.07, 6.45) is -3.23. The molecule has 0 aliphatic rings. The average Bonchev–Trinajstić information content (AvgIpc) is 2.84. The van der Waals surface area contributed by atoms with Crippen LogP contribution in [0.5, 0.6) is 17.2 Å². The highest BCUT2D eigenvalue weighted by molar-refractivity contribution is 9.10. The maximum Gasteiger partial charge on any atom is 0.573 e. The van der Waals surface area contributed by atoms with Gasteiger partial charge >= 0.3 is 6.36 Å². The molecule has 0 radical (unpaired) electrons. The lowest BCUT2D eigenvalue weighted by atomic mass is 9.98. The van der Waals surface area contributed by atoms with Crippen LogP contribution < -0.4 is 14.8 Å². The van der Waals surface area contributed by atoms with E-state index in [1.165, 1.54) is 24.3 Å². The Morgan fingerprint density at radius 1 is 0.973 bits per heavy atom. The van der Waals surface area contributed by atoms with Crippen LogP contribution in [0.4, 0.5) is 23.2 Å². The van der Waals surface area contributed by atoms with Crippen LogP contribution >= 0.6 is 27.5 Å². The Morgan fingerprint density at radius 3 is 2.19 bits per heavy atom. The van der Waals surface area contributed by atoms with Crippen molar-refractivity contribution in [3.05, 3.63) is 99.5 Å². The number of halogens is 6. The zero-order chi connectivity index (χ0) is 26.7. The van der Waals surface area contributed by atoms with Crippen molar-refractivity contribution in [3.63, 3.8) is 0 Å². The number of pyridine rings is 1. The van der Waals surface area contributed by atoms with Gasteiger partial charge in [0.05, 0.1) is 10.6 Å². The zero-order valence-corrected chi connectivity index (χ0v) is 21.2. The monoisotopic (exact) mass is 594 g/mol. The van der Waals surface area contributed by atoms with Gasteiger partial charge in [0.25, 0.3) is 5.91 Å². The third-order valence-corrected chi connectivity index (χ3v) is 5.82. The number of nitrogens with zero attached hydrogens (tertiary/aromatic N) is 1. The van der Waals surface area contributed by atoms with Crippen molar-refractivity contribution in [1.82, 2.24) is 4.98 Å². The van der Waals surface area contributed by atoms with Gasteiger partial charge in [0.2, 0.25) is 0 Å².